The van der Waals surface area contributed by atoms with Gasteiger partial charge >= 0.3 is 0 Å². The monoisotopic (exact) mass is 240 g/mol. The smallest absolute Gasteiger partial charge is 0.223 e. The molecule has 1 unspecified atom stereocenters. The van der Waals surface area contributed by atoms with Crippen LogP contribution < -0.4 is 0 Å². The van der Waals surface area contributed by atoms with Gasteiger partial charge < -0.3 is 10.0 Å². The van der Waals surface area contributed by atoms with Gasteiger partial charge in [-0.05, 0) is 25.2 Å². The van der Waals surface area contributed by atoms with Crippen LogP contribution in [0.25, 0.3) is 0 Å². The minimum Gasteiger partial charge on any atom is -0.395 e. The number of β-amino-alcohol motifs (C(OH)–C–C–N with tert-alkyl or cyclic N) is 1. The number of carbonyl (C=O) groups excluding carboxylic acids is 1. The van der Waals surface area contributed by atoms with Gasteiger partial charge in [0.1, 0.15) is 0 Å². The largest absolute Gasteiger partial charge is 0.395 e. The van der Waals surface area contributed by atoms with Crippen LogP contribution >= 0.6 is 0 Å². The SMILES string of the molecule is CC1CN(C(=O)CC2(C)CC2)CCN1CCO. The van der Waals surface area contributed by atoms with Crippen LogP contribution in [0.5, 0.6) is 0 Å². The van der Waals surface area contributed by atoms with Crippen molar-refractivity contribution in [3.63, 3.8) is 0 Å². The molecule has 1 amide bonds. The number of carbonyl (C=O) groups is 1. The summed E-state index contributed by atoms with van der Waals surface area (Å²) in [6, 6.07) is 0.367. The van der Waals surface area contributed by atoms with Gasteiger partial charge in [0.25, 0.3) is 0 Å². The molecule has 1 aliphatic carbocycles. The molecule has 0 aromatic carbocycles. The molecular weight excluding hydrogens is 216 g/mol. The minimum atomic E-state index is 0.205. The highest BCUT2D eigenvalue weighted by atomic mass is 16.3. The summed E-state index contributed by atoms with van der Waals surface area (Å²) in [5.74, 6) is 0.320. The lowest BCUT2D eigenvalue weighted by molar-refractivity contribution is -0.135. The summed E-state index contributed by atoms with van der Waals surface area (Å²) in [6.45, 7) is 7.79. The molecule has 0 aromatic heterocycles. The summed E-state index contributed by atoms with van der Waals surface area (Å²) in [5, 5.41) is 8.95. The number of aliphatic hydroxyl groups excluding tert-OH is 1. The van der Waals surface area contributed by atoms with Crippen LogP contribution in [-0.2, 0) is 4.79 Å². The Morgan fingerprint density at radius 1 is 1.41 bits per heavy atom. The molecule has 1 saturated heterocycles. The Hall–Kier alpha value is -0.610. The van der Waals surface area contributed by atoms with Crippen LogP contribution in [0.4, 0.5) is 0 Å². The van der Waals surface area contributed by atoms with Crippen molar-refractivity contribution >= 4 is 5.91 Å². The third-order valence-electron chi connectivity index (χ3n) is 4.19. The van der Waals surface area contributed by atoms with E-state index in [1.54, 1.807) is 0 Å². The first-order valence-corrected chi connectivity index (χ1v) is 6.67. The molecule has 98 valence electrons. The fourth-order valence-electron chi connectivity index (χ4n) is 2.55. The van der Waals surface area contributed by atoms with E-state index in [0.29, 0.717) is 17.4 Å². The predicted molar refractivity (Wildman–Crippen MR) is 66.7 cm³/mol. The molecule has 2 fully saturated rings. The molecule has 1 heterocycles. The first-order chi connectivity index (χ1) is 8.04. The van der Waals surface area contributed by atoms with E-state index in [9.17, 15) is 4.79 Å². The fraction of sp³-hybridized carbons (Fsp3) is 0.923. The van der Waals surface area contributed by atoms with Gasteiger partial charge in [-0.2, -0.15) is 0 Å². The Morgan fingerprint density at radius 2 is 2.12 bits per heavy atom. The number of aliphatic hydroxyl groups is 1. The summed E-state index contributed by atoms with van der Waals surface area (Å²) in [5.41, 5.74) is 0.308. The van der Waals surface area contributed by atoms with E-state index in [1.807, 2.05) is 4.90 Å². The molecule has 4 heteroatoms. The molecule has 2 rings (SSSR count). The number of piperazine rings is 1. The summed E-state index contributed by atoms with van der Waals surface area (Å²) >= 11 is 0. The van der Waals surface area contributed by atoms with Crippen molar-refractivity contribution in [2.24, 2.45) is 5.41 Å². The summed E-state index contributed by atoms with van der Waals surface area (Å²) in [6.07, 6.45) is 3.14. The Kier molecular flexibility index (Phi) is 3.73. The number of rotatable bonds is 4. The van der Waals surface area contributed by atoms with Gasteiger partial charge in [0.15, 0.2) is 0 Å². The highest BCUT2D eigenvalue weighted by Crippen LogP contribution is 2.48. The van der Waals surface area contributed by atoms with Gasteiger partial charge in [-0.1, -0.05) is 6.92 Å². The third-order valence-corrected chi connectivity index (χ3v) is 4.19. The first-order valence-electron chi connectivity index (χ1n) is 6.67. The molecule has 1 aliphatic heterocycles. The van der Waals surface area contributed by atoms with E-state index in [2.05, 4.69) is 18.7 Å². The van der Waals surface area contributed by atoms with Crippen LogP contribution in [0.1, 0.15) is 33.1 Å². The maximum absolute atomic E-state index is 12.1. The fourth-order valence-corrected chi connectivity index (χ4v) is 2.55. The second-order valence-corrected chi connectivity index (χ2v) is 5.94. The summed E-state index contributed by atoms with van der Waals surface area (Å²) in [4.78, 5) is 16.4. The lowest BCUT2D eigenvalue weighted by atomic mass is 10.0. The Balaban J connectivity index is 1.81. The lowest BCUT2D eigenvalue weighted by Crippen LogP contribution is -2.54. The topological polar surface area (TPSA) is 43.8 Å². The summed E-state index contributed by atoms with van der Waals surface area (Å²) < 4.78 is 0. The van der Waals surface area contributed by atoms with Crippen LogP contribution in [0.15, 0.2) is 0 Å². The third kappa shape index (κ3) is 3.19. The Bertz CT molecular complexity index is 289. The molecule has 2 aliphatic rings. The molecule has 4 nitrogen and oxygen atoms in total. The highest BCUT2D eigenvalue weighted by molar-refractivity contribution is 5.77. The van der Waals surface area contributed by atoms with Gasteiger partial charge in [0, 0.05) is 38.6 Å². The maximum atomic E-state index is 12.1. The van der Waals surface area contributed by atoms with Crippen molar-refractivity contribution in [3.8, 4) is 0 Å². The van der Waals surface area contributed by atoms with E-state index in [0.717, 1.165) is 32.6 Å². The van der Waals surface area contributed by atoms with Crippen LogP contribution in [-0.4, -0.2) is 59.6 Å². The number of hydrogen-bond acceptors (Lipinski definition) is 3. The molecule has 1 saturated carbocycles. The van der Waals surface area contributed by atoms with Crippen LogP contribution in [0, 0.1) is 5.41 Å². The maximum Gasteiger partial charge on any atom is 0.223 e. The molecule has 1 atom stereocenters. The zero-order chi connectivity index (χ0) is 12.5. The Labute approximate surface area is 104 Å². The molecular formula is C13H24N2O2. The second kappa shape index (κ2) is 4.94. The molecule has 0 bridgehead atoms. The van der Waals surface area contributed by atoms with Crippen molar-refractivity contribution in [3.05, 3.63) is 0 Å². The molecule has 1 N–H and O–H groups in total. The van der Waals surface area contributed by atoms with Crippen molar-refractivity contribution in [1.29, 1.82) is 0 Å². The molecule has 0 radical (unpaired) electrons. The Morgan fingerprint density at radius 3 is 2.65 bits per heavy atom. The zero-order valence-electron chi connectivity index (χ0n) is 11.0. The van der Waals surface area contributed by atoms with Crippen molar-refractivity contribution in [2.45, 2.75) is 39.2 Å². The quantitative estimate of drug-likeness (QED) is 0.787. The van der Waals surface area contributed by atoms with Crippen molar-refractivity contribution in [1.82, 2.24) is 9.80 Å². The lowest BCUT2D eigenvalue weighted by Gasteiger charge is -2.40. The van der Waals surface area contributed by atoms with E-state index in [-0.39, 0.29) is 6.61 Å². The molecule has 17 heavy (non-hydrogen) atoms. The van der Waals surface area contributed by atoms with E-state index < -0.39 is 0 Å². The predicted octanol–water partition coefficient (Wildman–Crippen LogP) is 0.702. The second-order valence-electron chi connectivity index (χ2n) is 5.94. The number of amides is 1. The highest BCUT2D eigenvalue weighted by Gasteiger charge is 2.40. The average Bonchev–Trinajstić information content (AvgIpc) is 2.99. The summed E-state index contributed by atoms with van der Waals surface area (Å²) in [7, 11) is 0. The average molecular weight is 240 g/mol. The number of nitrogens with zero attached hydrogens (tertiary/aromatic N) is 2. The van der Waals surface area contributed by atoms with E-state index in [1.165, 1.54) is 12.8 Å². The molecule has 0 aromatic rings. The molecule has 0 spiro atoms. The van der Waals surface area contributed by atoms with E-state index >= 15 is 0 Å². The first kappa shape index (κ1) is 12.8. The van der Waals surface area contributed by atoms with Crippen LogP contribution in [0.2, 0.25) is 0 Å². The standard InChI is InChI=1S/C13H24N2O2/c1-11-10-15(6-5-14(11)7-8-16)12(17)9-13(2)3-4-13/h11,16H,3-10H2,1-2H3. The van der Waals surface area contributed by atoms with Crippen molar-refractivity contribution < 1.29 is 9.90 Å². The minimum absolute atomic E-state index is 0.205. The van der Waals surface area contributed by atoms with Gasteiger partial charge in [0.05, 0.1) is 6.61 Å². The van der Waals surface area contributed by atoms with Gasteiger partial charge in [-0.15, -0.1) is 0 Å². The van der Waals surface area contributed by atoms with Gasteiger partial charge in [0.2, 0.25) is 5.91 Å². The normalized spacial score (nSPS) is 28.2. The number of hydrogen-bond donors (Lipinski definition) is 1. The zero-order valence-corrected chi connectivity index (χ0v) is 11.0. The van der Waals surface area contributed by atoms with Gasteiger partial charge in [-0.3, -0.25) is 9.69 Å². The van der Waals surface area contributed by atoms with Crippen LogP contribution in [0.3, 0.4) is 0 Å². The van der Waals surface area contributed by atoms with E-state index in [4.69, 9.17) is 5.11 Å². The van der Waals surface area contributed by atoms with Gasteiger partial charge in [-0.25, -0.2) is 0 Å². The van der Waals surface area contributed by atoms with Crippen molar-refractivity contribution in [2.75, 3.05) is 32.8 Å².